The van der Waals surface area contributed by atoms with Crippen LogP contribution in [0.5, 0.6) is 0 Å². The molecule has 0 saturated heterocycles. The first-order valence-electron chi connectivity index (χ1n) is 6.62. The van der Waals surface area contributed by atoms with Crippen LogP contribution in [0.15, 0.2) is 12.1 Å². The van der Waals surface area contributed by atoms with E-state index in [0.717, 1.165) is 0 Å². The number of nitrogens with two attached hydrogens (primary N) is 1. The van der Waals surface area contributed by atoms with E-state index in [9.17, 15) is 13.6 Å². The Balaban J connectivity index is 2.90. The molecule has 1 rings (SSSR count). The van der Waals surface area contributed by atoms with Gasteiger partial charge in [0.15, 0.2) is 11.6 Å². The Bertz CT molecular complexity index is 476. The minimum atomic E-state index is -0.970. The number of halogens is 2. The van der Waals surface area contributed by atoms with E-state index in [4.69, 9.17) is 5.73 Å². The van der Waals surface area contributed by atoms with Crippen LogP contribution in [0.4, 0.5) is 14.5 Å². The van der Waals surface area contributed by atoms with E-state index in [2.05, 4.69) is 0 Å². The SMILES string of the molecule is CCN(CC)C(=O)CN(C)c1ccc(CN)c(F)c1F. The van der Waals surface area contributed by atoms with Crippen molar-refractivity contribution in [1.29, 1.82) is 0 Å². The predicted octanol–water partition coefficient (Wildman–Crippen LogP) is 1.73. The van der Waals surface area contributed by atoms with Crippen LogP contribution in [0.3, 0.4) is 0 Å². The van der Waals surface area contributed by atoms with Crippen molar-refractivity contribution in [1.82, 2.24) is 4.90 Å². The second kappa shape index (κ2) is 7.19. The summed E-state index contributed by atoms with van der Waals surface area (Å²) < 4.78 is 27.6. The van der Waals surface area contributed by atoms with Gasteiger partial charge in [0.25, 0.3) is 0 Å². The number of carbonyl (C=O) groups excluding carboxylic acids is 1. The van der Waals surface area contributed by atoms with E-state index in [-0.39, 0.29) is 30.2 Å². The number of anilines is 1. The Hall–Kier alpha value is -1.69. The monoisotopic (exact) mass is 285 g/mol. The maximum Gasteiger partial charge on any atom is 0.242 e. The van der Waals surface area contributed by atoms with Crippen LogP contribution in [-0.2, 0) is 11.3 Å². The number of carbonyl (C=O) groups is 1. The topological polar surface area (TPSA) is 49.6 Å². The summed E-state index contributed by atoms with van der Waals surface area (Å²) in [6, 6.07) is 2.88. The van der Waals surface area contributed by atoms with Crippen molar-refractivity contribution in [2.45, 2.75) is 20.4 Å². The van der Waals surface area contributed by atoms with Gasteiger partial charge in [0.2, 0.25) is 5.91 Å². The summed E-state index contributed by atoms with van der Waals surface area (Å²) in [5, 5.41) is 0. The largest absolute Gasteiger partial charge is 0.363 e. The maximum absolute atomic E-state index is 13.9. The molecular formula is C14H21F2N3O. The molecule has 0 bridgehead atoms. The number of rotatable bonds is 6. The van der Waals surface area contributed by atoms with Crippen LogP contribution >= 0.6 is 0 Å². The lowest BCUT2D eigenvalue weighted by Gasteiger charge is -2.25. The van der Waals surface area contributed by atoms with Gasteiger partial charge in [0.05, 0.1) is 12.2 Å². The van der Waals surface area contributed by atoms with Crippen LogP contribution in [0.2, 0.25) is 0 Å². The van der Waals surface area contributed by atoms with Gasteiger partial charge in [-0.25, -0.2) is 8.78 Å². The number of hydrogen-bond donors (Lipinski definition) is 1. The molecule has 0 aliphatic rings. The zero-order valence-corrected chi connectivity index (χ0v) is 12.1. The molecule has 1 aromatic rings. The van der Waals surface area contributed by atoms with Gasteiger partial charge in [0.1, 0.15) is 0 Å². The summed E-state index contributed by atoms with van der Waals surface area (Å²) in [5.74, 6) is -2.05. The number of likely N-dealkylation sites (N-methyl/N-ethyl adjacent to an activating group) is 2. The first kappa shape index (κ1) is 16.4. The summed E-state index contributed by atoms with van der Waals surface area (Å²) in [6.07, 6.45) is 0. The van der Waals surface area contributed by atoms with Gasteiger partial charge >= 0.3 is 0 Å². The summed E-state index contributed by atoms with van der Waals surface area (Å²) >= 11 is 0. The molecule has 0 spiro atoms. The Morgan fingerprint density at radius 2 is 1.80 bits per heavy atom. The normalized spacial score (nSPS) is 10.5. The third kappa shape index (κ3) is 3.45. The predicted molar refractivity (Wildman–Crippen MR) is 75.4 cm³/mol. The first-order valence-corrected chi connectivity index (χ1v) is 6.62. The smallest absolute Gasteiger partial charge is 0.242 e. The maximum atomic E-state index is 13.9. The van der Waals surface area contributed by atoms with Gasteiger partial charge in [-0.3, -0.25) is 4.79 Å². The van der Waals surface area contributed by atoms with Crippen molar-refractivity contribution >= 4 is 11.6 Å². The fourth-order valence-electron chi connectivity index (χ4n) is 2.00. The fraction of sp³-hybridized carbons (Fsp3) is 0.500. The number of amides is 1. The van der Waals surface area contributed by atoms with Crippen molar-refractivity contribution in [3.63, 3.8) is 0 Å². The molecule has 1 amide bonds. The molecule has 0 aliphatic heterocycles. The van der Waals surface area contributed by atoms with Gasteiger partial charge in [-0.1, -0.05) is 6.07 Å². The molecule has 0 saturated carbocycles. The van der Waals surface area contributed by atoms with E-state index < -0.39 is 11.6 Å². The second-order valence-electron chi connectivity index (χ2n) is 4.50. The van der Waals surface area contributed by atoms with Crippen molar-refractivity contribution in [3.05, 3.63) is 29.3 Å². The van der Waals surface area contributed by atoms with E-state index in [1.807, 2.05) is 13.8 Å². The van der Waals surface area contributed by atoms with Crippen molar-refractivity contribution < 1.29 is 13.6 Å². The van der Waals surface area contributed by atoms with E-state index in [1.54, 1.807) is 11.9 Å². The van der Waals surface area contributed by atoms with Gasteiger partial charge in [-0.2, -0.15) is 0 Å². The van der Waals surface area contributed by atoms with Crippen LogP contribution in [0.1, 0.15) is 19.4 Å². The van der Waals surface area contributed by atoms with E-state index >= 15 is 0 Å². The molecular weight excluding hydrogens is 264 g/mol. The molecule has 0 fully saturated rings. The zero-order valence-electron chi connectivity index (χ0n) is 12.1. The second-order valence-corrected chi connectivity index (χ2v) is 4.50. The number of nitrogens with zero attached hydrogens (tertiary/aromatic N) is 2. The van der Waals surface area contributed by atoms with Crippen LogP contribution in [-0.4, -0.2) is 37.5 Å². The summed E-state index contributed by atoms with van der Waals surface area (Å²) in [5.41, 5.74) is 5.50. The molecule has 0 unspecified atom stereocenters. The fourth-order valence-corrected chi connectivity index (χ4v) is 2.00. The van der Waals surface area contributed by atoms with E-state index in [0.29, 0.717) is 13.1 Å². The van der Waals surface area contributed by atoms with Gasteiger partial charge in [-0.15, -0.1) is 0 Å². The lowest BCUT2D eigenvalue weighted by Crippen LogP contribution is -2.39. The van der Waals surface area contributed by atoms with Gasteiger partial charge in [0, 0.05) is 32.2 Å². The molecule has 4 nitrogen and oxygen atoms in total. The molecule has 0 heterocycles. The van der Waals surface area contributed by atoms with E-state index in [1.165, 1.54) is 17.0 Å². The summed E-state index contributed by atoms with van der Waals surface area (Å²) in [4.78, 5) is 15.0. The highest BCUT2D eigenvalue weighted by molar-refractivity contribution is 5.81. The Morgan fingerprint density at radius 3 is 2.30 bits per heavy atom. The molecule has 0 aliphatic carbocycles. The standard InChI is InChI=1S/C14H21F2N3O/c1-4-19(5-2)12(20)9-18(3)11-7-6-10(8-17)13(15)14(11)16/h6-7H,4-5,8-9,17H2,1-3H3. The number of benzene rings is 1. The van der Waals surface area contributed by atoms with Crippen LogP contribution in [0.25, 0.3) is 0 Å². The lowest BCUT2D eigenvalue weighted by atomic mass is 10.1. The zero-order chi connectivity index (χ0) is 15.3. The number of hydrogen-bond acceptors (Lipinski definition) is 3. The Morgan fingerprint density at radius 1 is 1.20 bits per heavy atom. The van der Waals surface area contributed by atoms with Gasteiger partial charge < -0.3 is 15.5 Å². The van der Waals surface area contributed by atoms with Crippen molar-refractivity contribution in [3.8, 4) is 0 Å². The average Bonchev–Trinajstić information content (AvgIpc) is 2.42. The van der Waals surface area contributed by atoms with Crippen molar-refractivity contribution in [2.24, 2.45) is 5.73 Å². The molecule has 1 aromatic carbocycles. The third-order valence-electron chi connectivity index (χ3n) is 3.26. The summed E-state index contributed by atoms with van der Waals surface area (Å²) in [6.45, 7) is 4.86. The highest BCUT2D eigenvalue weighted by Gasteiger charge is 2.18. The molecule has 6 heteroatoms. The molecule has 2 N–H and O–H groups in total. The molecule has 0 aromatic heterocycles. The first-order chi connectivity index (χ1) is 9.46. The molecule has 0 atom stereocenters. The molecule has 20 heavy (non-hydrogen) atoms. The highest BCUT2D eigenvalue weighted by Crippen LogP contribution is 2.23. The minimum absolute atomic E-state index is 0.0000116. The third-order valence-corrected chi connectivity index (χ3v) is 3.26. The van der Waals surface area contributed by atoms with Gasteiger partial charge in [-0.05, 0) is 19.9 Å². The molecule has 112 valence electrons. The lowest BCUT2D eigenvalue weighted by molar-refractivity contribution is -0.129. The minimum Gasteiger partial charge on any atom is -0.363 e. The average molecular weight is 285 g/mol. The quantitative estimate of drug-likeness (QED) is 0.866. The Labute approximate surface area is 118 Å². The van der Waals surface area contributed by atoms with Crippen LogP contribution in [0, 0.1) is 11.6 Å². The summed E-state index contributed by atoms with van der Waals surface area (Å²) in [7, 11) is 1.56. The van der Waals surface area contributed by atoms with Crippen molar-refractivity contribution in [2.75, 3.05) is 31.6 Å². The highest BCUT2D eigenvalue weighted by atomic mass is 19.2. The van der Waals surface area contributed by atoms with Crippen LogP contribution < -0.4 is 10.6 Å². The molecule has 0 radical (unpaired) electrons. The Kier molecular flexibility index (Phi) is 5.88.